The smallest absolute Gasteiger partial charge is 0.276 e. The average molecular weight is 361 g/mol. The predicted octanol–water partition coefficient (Wildman–Crippen LogP) is 4.81. The summed E-state index contributed by atoms with van der Waals surface area (Å²) >= 11 is 0. The van der Waals surface area contributed by atoms with Gasteiger partial charge >= 0.3 is 0 Å². The number of ether oxygens (including phenoxy) is 1. The van der Waals surface area contributed by atoms with Crippen LogP contribution < -0.4 is 15.0 Å². The molecule has 0 bridgehead atoms. The molecule has 3 rings (SSSR count). The lowest BCUT2D eigenvalue weighted by atomic mass is 10.2. The van der Waals surface area contributed by atoms with E-state index in [2.05, 4.69) is 10.3 Å². The maximum absolute atomic E-state index is 13.0. The van der Waals surface area contributed by atoms with Crippen molar-refractivity contribution < 1.29 is 9.53 Å². The highest BCUT2D eigenvalue weighted by atomic mass is 16.5. The van der Waals surface area contributed by atoms with Crippen molar-refractivity contribution in [3.8, 4) is 5.75 Å². The molecule has 0 atom stereocenters. The van der Waals surface area contributed by atoms with Crippen LogP contribution in [-0.4, -0.2) is 24.5 Å². The van der Waals surface area contributed by atoms with Crippen LogP contribution in [0.3, 0.4) is 0 Å². The second kappa shape index (κ2) is 8.36. The number of hydrogen-bond donors (Lipinski definition) is 1. The normalized spacial score (nSPS) is 10.3. The first-order chi connectivity index (χ1) is 13.1. The van der Waals surface area contributed by atoms with Crippen molar-refractivity contribution in [2.75, 3.05) is 23.9 Å². The fourth-order valence-corrected chi connectivity index (χ4v) is 2.89. The van der Waals surface area contributed by atoms with Gasteiger partial charge in [-0.15, -0.1) is 0 Å². The summed E-state index contributed by atoms with van der Waals surface area (Å²) in [5, 5.41) is 3.32. The molecule has 0 aliphatic carbocycles. The fourth-order valence-electron chi connectivity index (χ4n) is 2.89. The van der Waals surface area contributed by atoms with E-state index < -0.39 is 0 Å². The number of carbonyl (C=O) groups is 1. The van der Waals surface area contributed by atoms with Gasteiger partial charge in [0.2, 0.25) is 0 Å². The zero-order chi connectivity index (χ0) is 19.2. The Bertz CT molecular complexity index is 926. The van der Waals surface area contributed by atoms with Crippen LogP contribution in [-0.2, 0) is 0 Å². The van der Waals surface area contributed by atoms with Gasteiger partial charge in [-0.1, -0.05) is 24.3 Å². The lowest BCUT2D eigenvalue weighted by Crippen LogP contribution is -2.31. The minimum atomic E-state index is -0.136. The van der Waals surface area contributed by atoms with Crippen LogP contribution in [0, 0.1) is 6.92 Å². The molecule has 0 saturated heterocycles. The third-order valence-electron chi connectivity index (χ3n) is 4.24. The number of hydrogen-bond acceptors (Lipinski definition) is 4. The molecule has 5 heteroatoms. The lowest BCUT2D eigenvalue weighted by Gasteiger charge is -2.21. The molecule has 1 amide bonds. The van der Waals surface area contributed by atoms with Crippen molar-refractivity contribution in [3.63, 3.8) is 0 Å². The summed E-state index contributed by atoms with van der Waals surface area (Å²) in [6, 6.07) is 19.1. The van der Waals surface area contributed by atoms with Crippen LogP contribution in [0.2, 0.25) is 0 Å². The number of benzene rings is 2. The molecule has 0 unspecified atom stereocenters. The number of carbonyl (C=O) groups excluding carboxylic acids is 1. The van der Waals surface area contributed by atoms with Gasteiger partial charge in [-0.25, -0.2) is 0 Å². The third kappa shape index (κ3) is 4.26. The van der Waals surface area contributed by atoms with Crippen LogP contribution in [0.4, 0.5) is 17.1 Å². The summed E-state index contributed by atoms with van der Waals surface area (Å²) in [5.74, 6) is 0.605. The molecule has 5 nitrogen and oxygen atoms in total. The fraction of sp³-hybridized carbons (Fsp3) is 0.182. The maximum Gasteiger partial charge on any atom is 0.276 e. The van der Waals surface area contributed by atoms with Crippen LogP contribution >= 0.6 is 0 Å². The number of rotatable bonds is 6. The topological polar surface area (TPSA) is 54.5 Å². The van der Waals surface area contributed by atoms with E-state index in [-0.39, 0.29) is 5.91 Å². The highest BCUT2D eigenvalue weighted by Crippen LogP contribution is 2.29. The second-order valence-electron chi connectivity index (χ2n) is 6.14. The van der Waals surface area contributed by atoms with Crippen LogP contribution in [0.25, 0.3) is 0 Å². The van der Waals surface area contributed by atoms with Gasteiger partial charge in [-0.3, -0.25) is 9.78 Å². The first-order valence-corrected chi connectivity index (χ1v) is 8.87. The molecule has 0 fully saturated rings. The Kier molecular flexibility index (Phi) is 5.71. The van der Waals surface area contributed by atoms with Crippen molar-refractivity contribution in [1.29, 1.82) is 0 Å². The number of para-hydroxylation sites is 1. The molecule has 0 saturated carbocycles. The largest absolute Gasteiger partial charge is 0.495 e. The number of methoxy groups -OCH3 is 1. The molecule has 1 heterocycles. The summed E-state index contributed by atoms with van der Waals surface area (Å²) in [4.78, 5) is 18.9. The molecule has 3 aromatic rings. The van der Waals surface area contributed by atoms with Crippen LogP contribution in [0.15, 0.2) is 66.9 Å². The van der Waals surface area contributed by atoms with E-state index in [0.717, 1.165) is 28.4 Å². The van der Waals surface area contributed by atoms with Gasteiger partial charge in [-0.2, -0.15) is 0 Å². The first-order valence-electron chi connectivity index (χ1n) is 8.87. The maximum atomic E-state index is 13.0. The van der Waals surface area contributed by atoms with Crippen LogP contribution in [0.1, 0.15) is 23.0 Å². The Morgan fingerprint density at radius 2 is 1.89 bits per heavy atom. The number of aryl methyl sites for hydroxylation is 1. The number of pyridine rings is 1. The van der Waals surface area contributed by atoms with Gasteiger partial charge < -0.3 is 15.0 Å². The van der Waals surface area contributed by atoms with E-state index in [4.69, 9.17) is 4.74 Å². The molecule has 1 N–H and O–H groups in total. The summed E-state index contributed by atoms with van der Waals surface area (Å²) in [5.41, 5.74) is 3.98. The van der Waals surface area contributed by atoms with E-state index in [1.165, 1.54) is 0 Å². The van der Waals surface area contributed by atoms with Gasteiger partial charge in [-0.05, 0) is 55.8 Å². The molecule has 0 aliphatic rings. The minimum Gasteiger partial charge on any atom is -0.495 e. The van der Waals surface area contributed by atoms with E-state index in [1.807, 2.05) is 68.4 Å². The standard InChI is InChI=1S/C22H23N3O2/c1-4-25(18-8-6-5-7-9-18)22(26)20-15-17(12-13-23-20)24-19-14-16(2)10-11-21(19)27-3/h5-15H,4H2,1-3H3,(H,23,24). The Labute approximate surface area is 159 Å². The Morgan fingerprint density at radius 3 is 2.59 bits per heavy atom. The second-order valence-corrected chi connectivity index (χ2v) is 6.14. The number of aromatic nitrogens is 1. The molecule has 2 aromatic carbocycles. The molecule has 1 aromatic heterocycles. The number of nitrogens with one attached hydrogen (secondary N) is 1. The van der Waals surface area contributed by atoms with Crippen LogP contribution in [0.5, 0.6) is 5.75 Å². The van der Waals surface area contributed by atoms with Gasteiger partial charge in [0.15, 0.2) is 0 Å². The summed E-state index contributed by atoms with van der Waals surface area (Å²) in [6.45, 7) is 4.53. The number of amides is 1. The molecule has 0 spiro atoms. The molecule has 0 aliphatic heterocycles. The van der Waals surface area contributed by atoms with Crippen molar-refractivity contribution in [2.45, 2.75) is 13.8 Å². The predicted molar refractivity (Wildman–Crippen MR) is 109 cm³/mol. The Hall–Kier alpha value is -3.34. The number of anilines is 3. The molecular formula is C22H23N3O2. The summed E-state index contributed by atoms with van der Waals surface area (Å²) in [6.07, 6.45) is 1.64. The first kappa shape index (κ1) is 18.5. The lowest BCUT2D eigenvalue weighted by molar-refractivity contribution is 0.0983. The molecule has 27 heavy (non-hydrogen) atoms. The Balaban J connectivity index is 1.87. The monoisotopic (exact) mass is 361 g/mol. The SMILES string of the molecule is CCN(C(=O)c1cc(Nc2cc(C)ccc2OC)ccn1)c1ccccc1. The average Bonchev–Trinajstić information content (AvgIpc) is 2.70. The van der Waals surface area contributed by atoms with Crippen molar-refractivity contribution in [1.82, 2.24) is 4.98 Å². The van der Waals surface area contributed by atoms with E-state index in [1.54, 1.807) is 24.3 Å². The minimum absolute atomic E-state index is 0.136. The van der Waals surface area contributed by atoms with Crippen molar-refractivity contribution in [2.24, 2.45) is 0 Å². The highest BCUT2D eigenvalue weighted by Gasteiger charge is 2.17. The van der Waals surface area contributed by atoms with Gasteiger partial charge in [0, 0.05) is 24.1 Å². The number of nitrogens with zero attached hydrogens (tertiary/aromatic N) is 2. The highest BCUT2D eigenvalue weighted by molar-refractivity contribution is 6.05. The summed E-state index contributed by atoms with van der Waals surface area (Å²) < 4.78 is 5.41. The van der Waals surface area contributed by atoms with Gasteiger partial charge in [0.05, 0.1) is 12.8 Å². The zero-order valence-corrected chi connectivity index (χ0v) is 15.8. The van der Waals surface area contributed by atoms with E-state index >= 15 is 0 Å². The van der Waals surface area contributed by atoms with Crippen molar-refractivity contribution >= 4 is 23.0 Å². The third-order valence-corrected chi connectivity index (χ3v) is 4.24. The quantitative estimate of drug-likeness (QED) is 0.685. The van der Waals surface area contributed by atoms with Crippen molar-refractivity contribution in [3.05, 3.63) is 78.1 Å². The molecular weight excluding hydrogens is 338 g/mol. The van der Waals surface area contributed by atoms with E-state index in [0.29, 0.717) is 12.2 Å². The zero-order valence-electron chi connectivity index (χ0n) is 15.8. The van der Waals surface area contributed by atoms with Gasteiger partial charge in [0.25, 0.3) is 5.91 Å². The van der Waals surface area contributed by atoms with E-state index in [9.17, 15) is 4.79 Å². The Morgan fingerprint density at radius 1 is 1.11 bits per heavy atom. The van der Waals surface area contributed by atoms with Gasteiger partial charge in [0.1, 0.15) is 11.4 Å². The molecule has 0 radical (unpaired) electrons. The summed E-state index contributed by atoms with van der Waals surface area (Å²) in [7, 11) is 1.64. The molecule has 138 valence electrons.